The number of aryl methyl sites for hydroxylation is 1. The van der Waals surface area contributed by atoms with E-state index in [1.807, 2.05) is 42.5 Å². The molecule has 3 N–H and O–H groups in total. The van der Waals surface area contributed by atoms with Crippen molar-refractivity contribution in [2.24, 2.45) is 0 Å². The normalized spacial score (nSPS) is 10.6. The first-order chi connectivity index (χ1) is 15.5. The maximum atomic E-state index is 13.8. The van der Waals surface area contributed by atoms with Gasteiger partial charge in [-0.1, -0.05) is 48.5 Å². The molecule has 0 aliphatic heterocycles. The number of anilines is 1. The lowest BCUT2D eigenvalue weighted by Crippen LogP contribution is -2.32. The summed E-state index contributed by atoms with van der Waals surface area (Å²) in [6.07, 6.45) is 3.82. The minimum absolute atomic E-state index is 0.00639. The first-order valence-electron chi connectivity index (χ1n) is 10.7. The zero-order valence-corrected chi connectivity index (χ0v) is 17.8. The summed E-state index contributed by atoms with van der Waals surface area (Å²) >= 11 is 0. The molecule has 166 valence electrons. The molecule has 7 heteroatoms. The van der Waals surface area contributed by atoms with Gasteiger partial charge in [0.2, 0.25) is 5.91 Å². The molecule has 0 fully saturated rings. The third-order valence-corrected chi connectivity index (χ3v) is 5.08. The van der Waals surface area contributed by atoms with E-state index in [1.54, 1.807) is 0 Å². The number of ether oxygens (including phenoxy) is 1. The Morgan fingerprint density at radius 3 is 2.44 bits per heavy atom. The van der Waals surface area contributed by atoms with Gasteiger partial charge < -0.3 is 20.1 Å². The molecular formula is C25H27BFNO4. The first-order valence-corrected chi connectivity index (χ1v) is 10.7. The van der Waals surface area contributed by atoms with Crippen LogP contribution in [0.25, 0.3) is 0 Å². The summed E-state index contributed by atoms with van der Waals surface area (Å²) in [6, 6.07) is 21.7. The van der Waals surface area contributed by atoms with Gasteiger partial charge in [-0.25, -0.2) is 4.39 Å². The van der Waals surface area contributed by atoms with Crippen LogP contribution in [-0.4, -0.2) is 29.7 Å². The van der Waals surface area contributed by atoms with Gasteiger partial charge in [-0.2, -0.15) is 0 Å². The number of carbonyl (C=O) groups excluding carboxylic acids is 1. The Bertz CT molecular complexity index is 1010. The number of halogens is 1. The van der Waals surface area contributed by atoms with E-state index < -0.39 is 12.9 Å². The van der Waals surface area contributed by atoms with Crippen LogP contribution >= 0.6 is 0 Å². The molecule has 0 aliphatic rings. The molecule has 3 aromatic carbocycles. The third-order valence-electron chi connectivity index (χ3n) is 5.08. The van der Waals surface area contributed by atoms with Crippen LogP contribution in [-0.2, 0) is 17.6 Å². The van der Waals surface area contributed by atoms with Gasteiger partial charge >= 0.3 is 7.12 Å². The maximum absolute atomic E-state index is 13.8. The van der Waals surface area contributed by atoms with Crippen molar-refractivity contribution in [1.29, 1.82) is 0 Å². The van der Waals surface area contributed by atoms with Crippen molar-refractivity contribution in [2.75, 3.05) is 11.9 Å². The van der Waals surface area contributed by atoms with Crippen LogP contribution in [0.3, 0.4) is 0 Å². The smallest absolute Gasteiger partial charge is 0.491 e. The number of rotatable bonds is 11. The summed E-state index contributed by atoms with van der Waals surface area (Å²) in [5.41, 5.74) is 2.81. The molecule has 0 aliphatic carbocycles. The van der Waals surface area contributed by atoms with Crippen molar-refractivity contribution in [2.45, 2.75) is 32.1 Å². The van der Waals surface area contributed by atoms with Crippen LogP contribution in [0.1, 0.15) is 30.4 Å². The average molecular weight is 435 g/mol. The highest BCUT2D eigenvalue weighted by Crippen LogP contribution is 2.15. The largest absolute Gasteiger partial charge is 0.493 e. The molecule has 3 rings (SSSR count). The quantitative estimate of drug-likeness (QED) is 0.318. The predicted molar refractivity (Wildman–Crippen MR) is 124 cm³/mol. The Balaban J connectivity index is 1.40. The fraction of sp³-hybridized carbons (Fsp3) is 0.240. The predicted octanol–water partition coefficient (Wildman–Crippen LogP) is 3.48. The van der Waals surface area contributed by atoms with Crippen molar-refractivity contribution in [3.63, 3.8) is 0 Å². The van der Waals surface area contributed by atoms with E-state index >= 15 is 0 Å². The van der Waals surface area contributed by atoms with Gasteiger partial charge in [0.05, 0.1) is 6.61 Å². The summed E-state index contributed by atoms with van der Waals surface area (Å²) < 4.78 is 19.3. The molecule has 0 saturated heterocycles. The van der Waals surface area contributed by atoms with E-state index in [2.05, 4.69) is 17.4 Å². The average Bonchev–Trinajstić information content (AvgIpc) is 2.77. The lowest BCUT2D eigenvalue weighted by atomic mass is 9.80. The fourth-order valence-electron chi connectivity index (χ4n) is 3.38. The van der Waals surface area contributed by atoms with Crippen LogP contribution < -0.4 is 15.5 Å². The molecule has 0 bridgehead atoms. The Kier molecular flexibility index (Phi) is 8.84. The Hall–Kier alpha value is -3.16. The molecule has 0 heterocycles. The van der Waals surface area contributed by atoms with Crippen molar-refractivity contribution in [1.82, 2.24) is 0 Å². The number of hydrogen-bond donors (Lipinski definition) is 3. The number of benzene rings is 3. The number of hydrogen-bond acceptors (Lipinski definition) is 4. The molecule has 0 unspecified atom stereocenters. The van der Waals surface area contributed by atoms with Crippen LogP contribution in [0.15, 0.2) is 72.8 Å². The minimum Gasteiger partial charge on any atom is -0.493 e. The Morgan fingerprint density at radius 2 is 1.69 bits per heavy atom. The number of unbranched alkanes of at least 4 members (excludes halogenated alkanes) is 1. The van der Waals surface area contributed by atoms with Crippen LogP contribution in [0.5, 0.6) is 5.75 Å². The molecular weight excluding hydrogens is 408 g/mol. The zero-order valence-electron chi connectivity index (χ0n) is 17.8. The molecule has 0 spiro atoms. The van der Waals surface area contributed by atoms with E-state index in [1.165, 1.54) is 17.7 Å². The van der Waals surface area contributed by atoms with Crippen LogP contribution in [0.4, 0.5) is 10.1 Å². The second kappa shape index (κ2) is 12.0. The summed E-state index contributed by atoms with van der Waals surface area (Å²) in [5.74, 6) is -0.425. The molecule has 0 radical (unpaired) electrons. The summed E-state index contributed by atoms with van der Waals surface area (Å²) in [6.45, 7) is 0.317. The molecule has 0 aromatic heterocycles. The topological polar surface area (TPSA) is 78.8 Å². The Morgan fingerprint density at radius 1 is 0.906 bits per heavy atom. The van der Waals surface area contributed by atoms with Gasteiger partial charge in [-0.05, 0) is 48.6 Å². The van der Waals surface area contributed by atoms with E-state index in [4.69, 9.17) is 14.8 Å². The molecule has 1 amide bonds. The number of amides is 1. The van der Waals surface area contributed by atoms with E-state index in [0.29, 0.717) is 25.2 Å². The van der Waals surface area contributed by atoms with Gasteiger partial charge in [0.15, 0.2) is 0 Å². The number of carbonyl (C=O) groups is 1. The highest BCUT2D eigenvalue weighted by molar-refractivity contribution is 6.58. The van der Waals surface area contributed by atoms with Crippen molar-refractivity contribution in [3.8, 4) is 5.75 Å². The fourth-order valence-corrected chi connectivity index (χ4v) is 3.38. The van der Waals surface area contributed by atoms with Crippen LogP contribution in [0.2, 0.25) is 0 Å². The monoisotopic (exact) mass is 435 g/mol. The molecule has 3 aromatic rings. The van der Waals surface area contributed by atoms with Gasteiger partial charge in [-0.15, -0.1) is 0 Å². The third kappa shape index (κ3) is 7.52. The van der Waals surface area contributed by atoms with Gasteiger partial charge in [0.1, 0.15) is 11.6 Å². The maximum Gasteiger partial charge on any atom is 0.491 e. The molecule has 0 saturated carbocycles. The molecule has 32 heavy (non-hydrogen) atoms. The second-order valence-corrected chi connectivity index (χ2v) is 7.60. The zero-order chi connectivity index (χ0) is 22.8. The highest BCUT2D eigenvalue weighted by atomic mass is 19.1. The van der Waals surface area contributed by atoms with Gasteiger partial charge in [0, 0.05) is 30.1 Å². The first kappa shape index (κ1) is 23.5. The van der Waals surface area contributed by atoms with Gasteiger partial charge in [-0.3, -0.25) is 4.79 Å². The second-order valence-electron chi connectivity index (χ2n) is 7.60. The molecule has 5 nitrogen and oxygen atoms in total. The van der Waals surface area contributed by atoms with Crippen molar-refractivity contribution in [3.05, 3.63) is 89.7 Å². The number of nitrogens with one attached hydrogen (secondary N) is 1. The lowest BCUT2D eigenvalue weighted by molar-refractivity contribution is -0.116. The minimum atomic E-state index is -1.86. The van der Waals surface area contributed by atoms with E-state index in [-0.39, 0.29) is 11.4 Å². The van der Waals surface area contributed by atoms with Crippen LogP contribution in [0, 0.1) is 5.82 Å². The van der Waals surface area contributed by atoms with Crippen molar-refractivity contribution < 1.29 is 24.0 Å². The Labute approximate surface area is 188 Å². The molecule has 0 atom stereocenters. The summed E-state index contributed by atoms with van der Waals surface area (Å²) in [4.78, 5) is 12.2. The SMILES string of the molecule is O=C(CCCCc1ccccc1)Nc1cccc(CCOc2ccc(B(O)O)c(F)c2)c1. The standard InChI is InChI=1S/C25H27BFNO4/c27-24-18-22(13-14-23(24)26(30)31)32-16-15-20-10-6-11-21(17-20)28-25(29)12-5-4-9-19-7-2-1-3-8-19/h1-3,6-8,10-11,13-14,17-18,30-31H,4-5,9,12,15-16H2,(H,28,29). The van der Waals surface area contributed by atoms with E-state index in [9.17, 15) is 9.18 Å². The highest BCUT2D eigenvalue weighted by Gasteiger charge is 2.16. The summed E-state index contributed by atoms with van der Waals surface area (Å²) in [5, 5.41) is 21.1. The van der Waals surface area contributed by atoms with Gasteiger partial charge in [0.25, 0.3) is 0 Å². The van der Waals surface area contributed by atoms with Crippen molar-refractivity contribution >= 4 is 24.2 Å². The van der Waals surface area contributed by atoms with E-state index in [0.717, 1.165) is 36.6 Å². The summed E-state index contributed by atoms with van der Waals surface area (Å²) in [7, 11) is -1.86. The lowest BCUT2D eigenvalue weighted by Gasteiger charge is -2.10.